The van der Waals surface area contributed by atoms with Crippen molar-refractivity contribution in [2.45, 2.75) is 12.8 Å². The van der Waals surface area contributed by atoms with Crippen molar-refractivity contribution < 1.29 is 0 Å². The highest BCUT2D eigenvalue weighted by Crippen LogP contribution is 2.32. The van der Waals surface area contributed by atoms with Gasteiger partial charge in [0.25, 0.3) is 0 Å². The molecule has 2 heterocycles. The van der Waals surface area contributed by atoms with Crippen molar-refractivity contribution >= 4 is 22.6 Å². The van der Waals surface area contributed by atoms with Gasteiger partial charge in [-0.05, 0) is 30.0 Å². The van der Waals surface area contributed by atoms with Crippen molar-refractivity contribution in [3.05, 3.63) is 96.1 Å². The molecule has 2 N–H and O–H groups in total. The number of nitrogens with one attached hydrogen (secondary N) is 2. The zero-order valence-electron chi connectivity index (χ0n) is 18.3. The van der Waals surface area contributed by atoms with Gasteiger partial charge in [-0.3, -0.25) is 0 Å². The van der Waals surface area contributed by atoms with Crippen molar-refractivity contribution in [2.75, 3.05) is 20.1 Å². The average molecular weight is 422 g/mol. The van der Waals surface area contributed by atoms with Crippen molar-refractivity contribution in [3.8, 4) is 11.3 Å². The summed E-state index contributed by atoms with van der Waals surface area (Å²) in [6.07, 6.45) is 1.74. The molecule has 0 bridgehead atoms. The van der Waals surface area contributed by atoms with Crippen LogP contribution in [0, 0.1) is 0 Å². The van der Waals surface area contributed by atoms with Gasteiger partial charge < -0.3 is 10.3 Å². The van der Waals surface area contributed by atoms with Crippen LogP contribution in [0.15, 0.2) is 95.0 Å². The number of aromatic amines is 1. The molecule has 5 rings (SSSR count). The molecule has 0 saturated carbocycles. The maximum absolute atomic E-state index is 5.09. The average Bonchev–Trinajstić information content (AvgIpc) is 3.51. The van der Waals surface area contributed by atoms with Gasteiger partial charge in [-0.1, -0.05) is 78.9 Å². The van der Waals surface area contributed by atoms with Gasteiger partial charge in [0.15, 0.2) is 0 Å². The van der Waals surface area contributed by atoms with E-state index in [1.54, 1.807) is 0 Å². The number of hydrogen-bond acceptors (Lipinski definition) is 4. The maximum atomic E-state index is 5.09. The molecule has 0 spiro atoms. The van der Waals surface area contributed by atoms with E-state index in [9.17, 15) is 0 Å². The van der Waals surface area contributed by atoms with Crippen LogP contribution in [0.1, 0.15) is 17.5 Å². The largest absolute Gasteiger partial charge is 0.354 e. The molecule has 5 heteroatoms. The molecule has 1 aliphatic rings. The SMILES string of the molecule is CN(N=C(CCc1ccccc1)c1c(-c2ccccc2)[nH]c2ccccc12)C1=NCCN1. The molecule has 1 aromatic heterocycles. The van der Waals surface area contributed by atoms with Crippen LogP contribution in [0.3, 0.4) is 0 Å². The molecule has 0 amide bonds. The lowest BCUT2D eigenvalue weighted by molar-refractivity contribution is 0.525. The van der Waals surface area contributed by atoms with E-state index in [0.29, 0.717) is 0 Å². The van der Waals surface area contributed by atoms with Crippen molar-refractivity contribution in [2.24, 2.45) is 10.1 Å². The van der Waals surface area contributed by atoms with E-state index < -0.39 is 0 Å². The number of nitrogens with zero attached hydrogens (tertiary/aromatic N) is 3. The van der Waals surface area contributed by atoms with E-state index >= 15 is 0 Å². The number of para-hydroxylation sites is 1. The van der Waals surface area contributed by atoms with Gasteiger partial charge in [-0.2, -0.15) is 5.10 Å². The van der Waals surface area contributed by atoms with E-state index in [1.165, 1.54) is 10.9 Å². The molecule has 1 aliphatic heterocycles. The molecule has 32 heavy (non-hydrogen) atoms. The highest BCUT2D eigenvalue weighted by molar-refractivity contribution is 6.16. The van der Waals surface area contributed by atoms with E-state index in [0.717, 1.165) is 59.9 Å². The second-order valence-corrected chi connectivity index (χ2v) is 7.97. The number of aryl methyl sites for hydroxylation is 1. The summed E-state index contributed by atoms with van der Waals surface area (Å²) in [7, 11) is 1.97. The van der Waals surface area contributed by atoms with Gasteiger partial charge in [-0.15, -0.1) is 0 Å². The van der Waals surface area contributed by atoms with Gasteiger partial charge in [0.2, 0.25) is 5.96 Å². The third kappa shape index (κ3) is 4.14. The minimum absolute atomic E-state index is 0.789. The minimum atomic E-state index is 0.789. The number of aliphatic imine (C=N–C) groups is 1. The number of guanidine groups is 1. The van der Waals surface area contributed by atoms with Crippen LogP contribution in [0.2, 0.25) is 0 Å². The van der Waals surface area contributed by atoms with Crippen molar-refractivity contribution in [1.29, 1.82) is 0 Å². The Balaban J connectivity index is 1.63. The first kappa shape index (κ1) is 20.1. The lowest BCUT2D eigenvalue weighted by Crippen LogP contribution is -2.33. The predicted molar refractivity (Wildman–Crippen MR) is 133 cm³/mol. The van der Waals surface area contributed by atoms with Crippen LogP contribution in [0.5, 0.6) is 0 Å². The Morgan fingerprint density at radius 2 is 1.66 bits per heavy atom. The van der Waals surface area contributed by atoms with E-state index in [-0.39, 0.29) is 0 Å². The topological polar surface area (TPSA) is 55.8 Å². The Hall–Kier alpha value is -3.86. The van der Waals surface area contributed by atoms with Gasteiger partial charge in [0.1, 0.15) is 0 Å². The zero-order chi connectivity index (χ0) is 21.8. The fourth-order valence-corrected chi connectivity index (χ4v) is 4.23. The number of aromatic nitrogens is 1. The Bertz CT molecular complexity index is 1260. The monoisotopic (exact) mass is 421 g/mol. The van der Waals surface area contributed by atoms with E-state index in [1.807, 2.05) is 18.1 Å². The summed E-state index contributed by atoms with van der Waals surface area (Å²) in [4.78, 5) is 8.20. The maximum Gasteiger partial charge on any atom is 0.214 e. The van der Waals surface area contributed by atoms with Crippen molar-refractivity contribution in [1.82, 2.24) is 15.3 Å². The highest BCUT2D eigenvalue weighted by atomic mass is 15.5. The van der Waals surface area contributed by atoms with E-state index in [2.05, 4.69) is 94.2 Å². The first-order valence-corrected chi connectivity index (χ1v) is 11.1. The van der Waals surface area contributed by atoms with Crippen LogP contribution in [-0.4, -0.2) is 41.8 Å². The fraction of sp³-hybridized carbons (Fsp3) is 0.185. The third-order valence-electron chi connectivity index (χ3n) is 5.78. The van der Waals surface area contributed by atoms with Crippen LogP contribution >= 0.6 is 0 Å². The number of benzene rings is 3. The smallest absolute Gasteiger partial charge is 0.214 e. The van der Waals surface area contributed by atoms with Crippen LogP contribution in [0.25, 0.3) is 22.2 Å². The number of rotatable bonds is 6. The van der Waals surface area contributed by atoms with Gasteiger partial charge in [-0.25, -0.2) is 10.0 Å². The Labute approximate surface area is 188 Å². The summed E-state index contributed by atoms with van der Waals surface area (Å²) < 4.78 is 0. The molecular weight excluding hydrogens is 394 g/mol. The number of hydrazone groups is 1. The van der Waals surface area contributed by atoms with Gasteiger partial charge in [0.05, 0.1) is 18.0 Å². The first-order chi connectivity index (χ1) is 15.8. The molecule has 0 fully saturated rings. The molecule has 0 radical (unpaired) electrons. The molecule has 3 aromatic carbocycles. The molecular formula is C27H27N5. The first-order valence-electron chi connectivity index (χ1n) is 11.1. The molecule has 0 unspecified atom stereocenters. The minimum Gasteiger partial charge on any atom is -0.354 e. The normalized spacial score (nSPS) is 13.8. The quantitative estimate of drug-likeness (QED) is 0.338. The number of fused-ring (bicyclic) bond motifs is 1. The lowest BCUT2D eigenvalue weighted by atomic mass is 9.97. The van der Waals surface area contributed by atoms with Crippen LogP contribution < -0.4 is 5.32 Å². The summed E-state index contributed by atoms with van der Waals surface area (Å²) in [6.45, 7) is 1.65. The molecule has 5 nitrogen and oxygen atoms in total. The molecule has 0 saturated heterocycles. The Morgan fingerprint density at radius 1 is 0.938 bits per heavy atom. The lowest BCUT2D eigenvalue weighted by Gasteiger charge is -2.17. The summed E-state index contributed by atoms with van der Waals surface area (Å²) in [5.74, 6) is 0.823. The summed E-state index contributed by atoms with van der Waals surface area (Å²) in [5.41, 5.74) is 6.89. The van der Waals surface area contributed by atoms with Gasteiger partial charge >= 0.3 is 0 Å². The molecule has 160 valence electrons. The third-order valence-corrected chi connectivity index (χ3v) is 5.78. The molecule has 0 atom stereocenters. The fourth-order valence-electron chi connectivity index (χ4n) is 4.23. The summed E-state index contributed by atoms with van der Waals surface area (Å²) >= 11 is 0. The zero-order valence-corrected chi connectivity index (χ0v) is 18.3. The van der Waals surface area contributed by atoms with Gasteiger partial charge in [0, 0.05) is 30.1 Å². The Morgan fingerprint density at radius 3 is 2.41 bits per heavy atom. The second-order valence-electron chi connectivity index (χ2n) is 7.97. The highest BCUT2D eigenvalue weighted by Gasteiger charge is 2.20. The number of H-pyrrole nitrogens is 1. The molecule has 4 aromatic rings. The van der Waals surface area contributed by atoms with Crippen LogP contribution in [0.4, 0.5) is 0 Å². The standard InChI is InChI=1S/C27H27N5/c1-32(27-28-18-19-29-27)31-24(17-16-20-10-4-2-5-11-20)25-22-14-8-9-15-23(22)30-26(25)21-12-6-3-7-13-21/h2-15,30H,16-19H2,1H3,(H,28,29). The molecule has 0 aliphatic carbocycles. The predicted octanol–water partition coefficient (Wildman–Crippen LogP) is 5.06. The second kappa shape index (κ2) is 9.10. The van der Waals surface area contributed by atoms with Crippen LogP contribution in [-0.2, 0) is 6.42 Å². The summed E-state index contributed by atoms with van der Waals surface area (Å²) in [6, 6.07) is 29.6. The van der Waals surface area contributed by atoms with Crippen molar-refractivity contribution in [3.63, 3.8) is 0 Å². The number of hydrogen-bond donors (Lipinski definition) is 2. The summed E-state index contributed by atoms with van der Waals surface area (Å²) in [5, 5.41) is 11.5. The van der Waals surface area contributed by atoms with E-state index in [4.69, 9.17) is 5.10 Å². The Kier molecular flexibility index (Phi) is 5.71.